The van der Waals surface area contributed by atoms with E-state index in [0.29, 0.717) is 29.8 Å². The van der Waals surface area contributed by atoms with Crippen molar-refractivity contribution in [3.63, 3.8) is 0 Å². The number of carboxylic acid groups (broad SMARTS) is 1. The van der Waals surface area contributed by atoms with E-state index < -0.39 is 11.6 Å². The summed E-state index contributed by atoms with van der Waals surface area (Å²) in [6.07, 6.45) is 3.33. The standard InChI is InChI=1S/C20H18F2N4O.CH2O2/c21-12-4-5-13(16(22)8-12)18-14(9-23)19(24)25-17-6-7-26(10-15(17)18)20(27)11-2-1-3-11;2-1-3/h4-5,8,11H,1-3,6-7,10H2,(H2,24,25);1H,(H,2,3). The van der Waals surface area contributed by atoms with Crippen molar-refractivity contribution in [2.24, 2.45) is 5.92 Å². The molecule has 1 fully saturated rings. The first-order valence-electron chi connectivity index (χ1n) is 9.44. The lowest BCUT2D eigenvalue weighted by atomic mass is 9.83. The van der Waals surface area contributed by atoms with Crippen LogP contribution in [0.5, 0.6) is 0 Å². The highest BCUT2D eigenvalue weighted by Crippen LogP contribution is 2.37. The molecule has 7 nitrogen and oxygen atoms in total. The molecule has 0 spiro atoms. The molecule has 2 heterocycles. The maximum Gasteiger partial charge on any atom is 0.290 e. The number of nitriles is 1. The summed E-state index contributed by atoms with van der Waals surface area (Å²) in [7, 11) is 0. The summed E-state index contributed by atoms with van der Waals surface area (Å²) in [5.74, 6) is -1.31. The van der Waals surface area contributed by atoms with E-state index in [4.69, 9.17) is 15.6 Å². The molecule has 1 aliphatic carbocycles. The molecule has 0 radical (unpaired) electrons. The Bertz CT molecular complexity index is 1030. The molecule has 1 aromatic carbocycles. The number of nitrogens with two attached hydrogens (primary N) is 1. The second-order valence-corrected chi connectivity index (χ2v) is 7.15. The fourth-order valence-electron chi connectivity index (χ4n) is 3.78. The smallest absolute Gasteiger partial charge is 0.290 e. The predicted molar refractivity (Wildman–Crippen MR) is 104 cm³/mol. The molecular formula is C21H20F2N4O3. The molecule has 4 rings (SSSR count). The number of pyridine rings is 1. The number of carbonyl (C=O) groups is 2. The molecule has 1 aliphatic heterocycles. The number of nitrogen functional groups attached to an aromatic ring is 1. The molecule has 0 atom stereocenters. The van der Waals surface area contributed by atoms with Crippen molar-refractivity contribution in [1.29, 1.82) is 5.26 Å². The third-order valence-corrected chi connectivity index (χ3v) is 5.46. The van der Waals surface area contributed by atoms with E-state index in [1.54, 1.807) is 4.90 Å². The average Bonchev–Trinajstić information content (AvgIpc) is 2.66. The molecule has 0 saturated heterocycles. The van der Waals surface area contributed by atoms with Crippen LogP contribution in [0.2, 0.25) is 0 Å². The van der Waals surface area contributed by atoms with Crippen LogP contribution < -0.4 is 5.73 Å². The van der Waals surface area contributed by atoms with Crippen LogP contribution in [0.25, 0.3) is 11.1 Å². The maximum absolute atomic E-state index is 14.5. The molecule has 1 aromatic heterocycles. The van der Waals surface area contributed by atoms with Gasteiger partial charge in [0.15, 0.2) is 0 Å². The van der Waals surface area contributed by atoms with E-state index in [1.807, 2.05) is 6.07 Å². The second-order valence-electron chi connectivity index (χ2n) is 7.15. The van der Waals surface area contributed by atoms with E-state index in [0.717, 1.165) is 31.4 Å². The molecule has 0 unspecified atom stereocenters. The van der Waals surface area contributed by atoms with Gasteiger partial charge in [0.25, 0.3) is 6.47 Å². The van der Waals surface area contributed by atoms with Crippen LogP contribution in [0, 0.1) is 28.9 Å². The Balaban J connectivity index is 0.000000806. The summed E-state index contributed by atoms with van der Waals surface area (Å²) in [6.45, 7) is 0.519. The number of fused-ring (bicyclic) bond motifs is 1. The van der Waals surface area contributed by atoms with Gasteiger partial charge in [-0.15, -0.1) is 0 Å². The van der Waals surface area contributed by atoms with Crippen molar-refractivity contribution in [3.8, 4) is 17.2 Å². The predicted octanol–water partition coefficient (Wildman–Crippen LogP) is 2.87. The van der Waals surface area contributed by atoms with E-state index in [1.165, 1.54) is 6.07 Å². The van der Waals surface area contributed by atoms with Gasteiger partial charge in [-0.25, -0.2) is 13.8 Å². The average molecular weight is 414 g/mol. The summed E-state index contributed by atoms with van der Waals surface area (Å²) in [5.41, 5.74) is 7.66. The number of hydrogen-bond acceptors (Lipinski definition) is 5. The van der Waals surface area contributed by atoms with Crippen molar-refractivity contribution >= 4 is 18.2 Å². The van der Waals surface area contributed by atoms with Gasteiger partial charge in [-0.05, 0) is 25.0 Å². The molecule has 0 bridgehead atoms. The lowest BCUT2D eigenvalue weighted by Crippen LogP contribution is -2.42. The zero-order valence-electron chi connectivity index (χ0n) is 16.1. The van der Waals surface area contributed by atoms with Crippen molar-refractivity contribution in [2.45, 2.75) is 32.2 Å². The Labute approximate surface area is 171 Å². The van der Waals surface area contributed by atoms with Crippen LogP contribution in [-0.2, 0) is 22.6 Å². The zero-order chi connectivity index (χ0) is 21.8. The van der Waals surface area contributed by atoms with Gasteiger partial charge in [-0.3, -0.25) is 9.59 Å². The van der Waals surface area contributed by atoms with Gasteiger partial charge in [0.1, 0.15) is 29.1 Å². The van der Waals surface area contributed by atoms with Crippen LogP contribution in [0.3, 0.4) is 0 Å². The molecule has 9 heteroatoms. The fraction of sp³-hybridized carbons (Fsp3) is 0.333. The topological polar surface area (TPSA) is 120 Å². The number of benzene rings is 1. The summed E-state index contributed by atoms with van der Waals surface area (Å²) >= 11 is 0. The molecule has 30 heavy (non-hydrogen) atoms. The van der Waals surface area contributed by atoms with Crippen molar-refractivity contribution in [2.75, 3.05) is 12.3 Å². The lowest BCUT2D eigenvalue weighted by Gasteiger charge is -2.35. The van der Waals surface area contributed by atoms with Crippen LogP contribution in [0.4, 0.5) is 14.6 Å². The monoisotopic (exact) mass is 414 g/mol. The fourth-order valence-corrected chi connectivity index (χ4v) is 3.78. The van der Waals surface area contributed by atoms with Crippen LogP contribution in [0.1, 0.15) is 36.1 Å². The number of anilines is 1. The van der Waals surface area contributed by atoms with Crippen molar-refractivity contribution < 1.29 is 23.5 Å². The van der Waals surface area contributed by atoms with E-state index >= 15 is 0 Å². The third kappa shape index (κ3) is 3.94. The SMILES string of the molecule is N#Cc1c(N)nc2c(c1-c1ccc(F)cc1F)CN(C(=O)C1CCC1)CC2.O=CO. The van der Waals surface area contributed by atoms with Crippen LogP contribution in [-0.4, -0.2) is 33.9 Å². The molecule has 1 saturated carbocycles. The molecule has 1 amide bonds. The van der Waals surface area contributed by atoms with Crippen LogP contribution in [0.15, 0.2) is 18.2 Å². The molecule has 156 valence electrons. The summed E-state index contributed by atoms with van der Waals surface area (Å²) in [4.78, 5) is 27.1. The first-order chi connectivity index (χ1) is 14.4. The number of amides is 1. The van der Waals surface area contributed by atoms with Gasteiger partial charge < -0.3 is 15.7 Å². The van der Waals surface area contributed by atoms with Crippen molar-refractivity contribution in [3.05, 3.63) is 46.7 Å². The first kappa shape index (κ1) is 21.2. The Morgan fingerprint density at radius 3 is 2.63 bits per heavy atom. The molecule has 3 N–H and O–H groups in total. The number of nitrogens with zero attached hydrogens (tertiary/aromatic N) is 3. The summed E-state index contributed by atoms with van der Waals surface area (Å²) in [5, 5.41) is 16.5. The number of rotatable bonds is 2. The van der Waals surface area contributed by atoms with Crippen LogP contribution >= 0.6 is 0 Å². The Kier molecular flexibility index (Phi) is 6.26. The zero-order valence-corrected chi connectivity index (χ0v) is 16.1. The third-order valence-electron chi connectivity index (χ3n) is 5.46. The van der Waals surface area contributed by atoms with Gasteiger partial charge >= 0.3 is 0 Å². The van der Waals surface area contributed by atoms with Gasteiger partial charge in [-0.2, -0.15) is 5.26 Å². The quantitative estimate of drug-likeness (QED) is 0.729. The molecule has 2 aromatic rings. The Hall–Kier alpha value is -3.54. The minimum atomic E-state index is -0.776. The van der Waals surface area contributed by atoms with E-state index in [9.17, 15) is 18.8 Å². The molecule has 2 aliphatic rings. The highest BCUT2D eigenvalue weighted by Gasteiger charge is 2.33. The first-order valence-corrected chi connectivity index (χ1v) is 9.44. The number of halogens is 2. The van der Waals surface area contributed by atoms with E-state index in [-0.39, 0.29) is 41.8 Å². The second kappa shape index (κ2) is 8.86. The maximum atomic E-state index is 14.5. The Morgan fingerprint density at radius 2 is 2.07 bits per heavy atom. The normalized spacial score (nSPS) is 15.2. The minimum Gasteiger partial charge on any atom is -0.483 e. The van der Waals surface area contributed by atoms with Gasteiger partial charge in [0, 0.05) is 48.2 Å². The largest absolute Gasteiger partial charge is 0.483 e. The highest BCUT2D eigenvalue weighted by atomic mass is 19.1. The minimum absolute atomic E-state index is 0.0220. The number of carbonyl (C=O) groups excluding carboxylic acids is 1. The van der Waals surface area contributed by atoms with Gasteiger partial charge in [0.2, 0.25) is 5.91 Å². The summed E-state index contributed by atoms with van der Waals surface area (Å²) in [6, 6.07) is 5.21. The Morgan fingerprint density at radius 1 is 1.37 bits per heavy atom. The van der Waals surface area contributed by atoms with Gasteiger partial charge in [0.05, 0.1) is 5.69 Å². The molecular weight excluding hydrogens is 394 g/mol. The number of hydrogen-bond donors (Lipinski definition) is 2. The van der Waals surface area contributed by atoms with Gasteiger partial charge in [-0.1, -0.05) is 6.42 Å². The lowest BCUT2D eigenvalue weighted by molar-refractivity contribution is -0.139. The van der Waals surface area contributed by atoms with E-state index in [2.05, 4.69) is 4.98 Å². The van der Waals surface area contributed by atoms with Crippen molar-refractivity contribution in [1.82, 2.24) is 9.88 Å². The highest BCUT2D eigenvalue weighted by molar-refractivity contribution is 5.83. The summed E-state index contributed by atoms with van der Waals surface area (Å²) < 4.78 is 27.9. The number of aromatic nitrogens is 1.